The molecular weight excluding hydrogens is 261 g/mol. The summed E-state index contributed by atoms with van der Waals surface area (Å²) in [6, 6.07) is 4.92. The Morgan fingerprint density at radius 3 is 2.88 bits per heavy atom. The molecule has 0 aliphatic rings. The smallest absolute Gasteiger partial charge is 0.138 e. The summed E-state index contributed by atoms with van der Waals surface area (Å²) in [4.78, 5) is 0.0443. The van der Waals surface area contributed by atoms with Gasteiger partial charge in [-0.3, -0.25) is 4.68 Å². The number of halogens is 2. The molecule has 0 fully saturated rings. The summed E-state index contributed by atoms with van der Waals surface area (Å²) in [5.74, 6) is -0.411. The van der Waals surface area contributed by atoms with Crippen LogP contribution >= 0.6 is 23.8 Å². The third kappa shape index (κ3) is 2.62. The van der Waals surface area contributed by atoms with E-state index in [9.17, 15) is 4.39 Å². The van der Waals surface area contributed by atoms with Gasteiger partial charge in [-0.25, -0.2) is 4.39 Å². The molecule has 1 heterocycles. The Morgan fingerprint density at radius 1 is 1.53 bits per heavy atom. The Bertz CT molecular complexity index is 568. The van der Waals surface area contributed by atoms with Crippen molar-refractivity contribution >= 4 is 28.8 Å². The third-order valence-electron chi connectivity index (χ3n) is 2.28. The fourth-order valence-electron chi connectivity index (χ4n) is 1.49. The molecule has 0 amide bonds. The summed E-state index contributed by atoms with van der Waals surface area (Å²) in [6.07, 6.45) is 3.12. The normalized spacial score (nSPS) is 10.5. The zero-order chi connectivity index (χ0) is 12.4. The lowest BCUT2D eigenvalue weighted by atomic mass is 10.1. The highest BCUT2D eigenvalue weighted by Crippen LogP contribution is 2.15. The standard InChI is InChI=1S/C11H9ClFN3S/c12-8-4-15-16(6-8)5-7-2-1-3-9(10(7)13)11(14)17/h1-4,6H,5H2,(H2,14,17). The first-order valence-corrected chi connectivity index (χ1v) is 5.61. The Hall–Kier alpha value is -1.46. The van der Waals surface area contributed by atoms with E-state index < -0.39 is 5.82 Å². The van der Waals surface area contributed by atoms with Gasteiger partial charge in [0.1, 0.15) is 10.8 Å². The number of thiocarbonyl (C=S) groups is 1. The van der Waals surface area contributed by atoms with Crippen LogP contribution in [0.2, 0.25) is 5.02 Å². The van der Waals surface area contributed by atoms with Crippen LogP contribution in [0.3, 0.4) is 0 Å². The van der Waals surface area contributed by atoms with E-state index in [1.54, 1.807) is 29.1 Å². The van der Waals surface area contributed by atoms with E-state index >= 15 is 0 Å². The molecule has 0 bridgehead atoms. The summed E-state index contributed by atoms with van der Waals surface area (Å²) >= 11 is 10.5. The average Bonchev–Trinajstić information content (AvgIpc) is 2.67. The maximum Gasteiger partial charge on any atom is 0.138 e. The van der Waals surface area contributed by atoms with E-state index in [0.717, 1.165) is 0 Å². The number of aromatic nitrogens is 2. The SMILES string of the molecule is NC(=S)c1cccc(Cn2cc(Cl)cn2)c1F. The number of nitrogens with two attached hydrogens (primary N) is 1. The zero-order valence-corrected chi connectivity index (χ0v) is 10.3. The lowest BCUT2D eigenvalue weighted by Crippen LogP contribution is -2.14. The monoisotopic (exact) mass is 269 g/mol. The molecular formula is C11H9ClFN3S. The van der Waals surface area contributed by atoms with Gasteiger partial charge in [0.25, 0.3) is 0 Å². The maximum absolute atomic E-state index is 14.0. The summed E-state index contributed by atoms with van der Waals surface area (Å²) in [5, 5.41) is 4.49. The minimum Gasteiger partial charge on any atom is -0.389 e. The van der Waals surface area contributed by atoms with E-state index in [4.69, 9.17) is 29.6 Å². The molecule has 0 saturated carbocycles. The topological polar surface area (TPSA) is 43.8 Å². The first kappa shape index (κ1) is 12.0. The van der Waals surface area contributed by atoms with Crippen molar-refractivity contribution in [1.82, 2.24) is 9.78 Å². The number of benzene rings is 1. The largest absolute Gasteiger partial charge is 0.389 e. The first-order chi connectivity index (χ1) is 8.08. The number of hydrogen-bond acceptors (Lipinski definition) is 2. The van der Waals surface area contributed by atoms with Crippen LogP contribution in [0.4, 0.5) is 4.39 Å². The fraction of sp³-hybridized carbons (Fsp3) is 0.0909. The molecule has 88 valence electrons. The van der Waals surface area contributed by atoms with Crippen molar-refractivity contribution < 1.29 is 4.39 Å². The van der Waals surface area contributed by atoms with Gasteiger partial charge in [0.2, 0.25) is 0 Å². The molecule has 3 nitrogen and oxygen atoms in total. The van der Waals surface area contributed by atoms with Crippen molar-refractivity contribution in [2.75, 3.05) is 0 Å². The summed E-state index contributed by atoms with van der Waals surface area (Å²) in [5.41, 5.74) is 6.14. The molecule has 2 N–H and O–H groups in total. The molecule has 1 aromatic heterocycles. The molecule has 1 aromatic carbocycles. The Morgan fingerprint density at radius 2 is 2.29 bits per heavy atom. The van der Waals surface area contributed by atoms with Gasteiger partial charge in [0.05, 0.1) is 17.8 Å². The second-order valence-corrected chi connectivity index (χ2v) is 4.38. The zero-order valence-electron chi connectivity index (χ0n) is 8.73. The molecule has 0 saturated heterocycles. The minimum absolute atomic E-state index is 0.0443. The van der Waals surface area contributed by atoms with Gasteiger partial charge in [-0.15, -0.1) is 0 Å². The molecule has 0 unspecified atom stereocenters. The van der Waals surface area contributed by atoms with E-state index in [1.165, 1.54) is 6.20 Å². The Kier molecular flexibility index (Phi) is 3.40. The highest BCUT2D eigenvalue weighted by atomic mass is 35.5. The van der Waals surface area contributed by atoms with Crippen molar-refractivity contribution in [2.45, 2.75) is 6.54 Å². The first-order valence-electron chi connectivity index (χ1n) is 4.83. The van der Waals surface area contributed by atoms with Crippen LogP contribution in [0.5, 0.6) is 0 Å². The van der Waals surface area contributed by atoms with Gasteiger partial charge >= 0.3 is 0 Å². The van der Waals surface area contributed by atoms with Gasteiger partial charge in [-0.2, -0.15) is 5.10 Å². The molecule has 0 radical (unpaired) electrons. The highest BCUT2D eigenvalue weighted by Gasteiger charge is 2.10. The van der Waals surface area contributed by atoms with Gasteiger partial charge in [0, 0.05) is 17.3 Å². The van der Waals surface area contributed by atoms with Crippen molar-refractivity contribution in [3.63, 3.8) is 0 Å². The Labute approximate surface area is 108 Å². The van der Waals surface area contributed by atoms with Gasteiger partial charge in [-0.1, -0.05) is 36.0 Å². The van der Waals surface area contributed by atoms with Crippen LogP contribution in [0.1, 0.15) is 11.1 Å². The molecule has 0 spiro atoms. The fourth-order valence-corrected chi connectivity index (χ4v) is 1.81. The Balaban J connectivity index is 2.33. The second kappa shape index (κ2) is 4.81. The summed E-state index contributed by atoms with van der Waals surface area (Å²) in [7, 11) is 0. The third-order valence-corrected chi connectivity index (χ3v) is 2.69. The van der Waals surface area contributed by atoms with Crippen LogP contribution in [-0.2, 0) is 6.54 Å². The maximum atomic E-state index is 14.0. The van der Waals surface area contributed by atoms with Crippen molar-refractivity contribution in [3.8, 4) is 0 Å². The van der Waals surface area contributed by atoms with Crippen molar-refractivity contribution in [1.29, 1.82) is 0 Å². The number of rotatable bonds is 3. The highest BCUT2D eigenvalue weighted by molar-refractivity contribution is 7.80. The summed E-state index contributed by atoms with van der Waals surface area (Å²) < 4.78 is 15.5. The summed E-state index contributed by atoms with van der Waals surface area (Å²) in [6.45, 7) is 0.287. The predicted molar refractivity (Wildman–Crippen MR) is 68.6 cm³/mol. The van der Waals surface area contributed by atoms with E-state index in [2.05, 4.69) is 5.10 Å². The van der Waals surface area contributed by atoms with Gasteiger partial charge in [0.15, 0.2) is 0 Å². The van der Waals surface area contributed by atoms with Crippen LogP contribution in [0.25, 0.3) is 0 Å². The van der Waals surface area contributed by atoms with E-state index in [0.29, 0.717) is 10.6 Å². The average molecular weight is 270 g/mol. The molecule has 17 heavy (non-hydrogen) atoms. The molecule has 0 atom stereocenters. The molecule has 2 rings (SSSR count). The molecule has 0 aliphatic heterocycles. The quantitative estimate of drug-likeness (QED) is 0.870. The van der Waals surface area contributed by atoms with Gasteiger partial charge < -0.3 is 5.73 Å². The molecule has 0 aliphatic carbocycles. The number of hydrogen-bond donors (Lipinski definition) is 1. The van der Waals surface area contributed by atoms with E-state index in [1.807, 2.05) is 0 Å². The molecule has 2 aromatic rings. The van der Waals surface area contributed by atoms with Crippen LogP contribution in [0, 0.1) is 5.82 Å². The van der Waals surface area contributed by atoms with Crippen LogP contribution in [-0.4, -0.2) is 14.8 Å². The van der Waals surface area contributed by atoms with E-state index in [-0.39, 0.29) is 17.1 Å². The second-order valence-electron chi connectivity index (χ2n) is 3.50. The van der Waals surface area contributed by atoms with Crippen LogP contribution < -0.4 is 5.73 Å². The molecule has 6 heteroatoms. The van der Waals surface area contributed by atoms with Crippen molar-refractivity contribution in [2.24, 2.45) is 5.73 Å². The minimum atomic E-state index is -0.411. The lowest BCUT2D eigenvalue weighted by Gasteiger charge is -2.07. The predicted octanol–water partition coefficient (Wildman–Crippen LogP) is 2.36. The van der Waals surface area contributed by atoms with Gasteiger partial charge in [-0.05, 0) is 6.07 Å². The number of nitrogens with zero attached hydrogens (tertiary/aromatic N) is 2. The van der Waals surface area contributed by atoms with Crippen LogP contribution in [0.15, 0.2) is 30.6 Å². The lowest BCUT2D eigenvalue weighted by molar-refractivity contribution is 0.583. The van der Waals surface area contributed by atoms with Crippen molar-refractivity contribution in [3.05, 3.63) is 52.6 Å².